The Hall–Kier alpha value is -0.340. The fourth-order valence-electron chi connectivity index (χ4n) is 1.78. The van der Waals surface area contributed by atoms with E-state index in [2.05, 4.69) is 65.9 Å². The van der Waals surface area contributed by atoms with E-state index in [0.29, 0.717) is 6.04 Å². The van der Waals surface area contributed by atoms with Gasteiger partial charge in [0.2, 0.25) is 0 Å². The fraction of sp³-hybridized carbons (Fsp3) is 0.500. The van der Waals surface area contributed by atoms with Crippen LogP contribution in [0, 0.1) is 0 Å². The summed E-state index contributed by atoms with van der Waals surface area (Å²) in [4.78, 5) is 2.44. The first-order chi connectivity index (χ1) is 6.70. The highest BCUT2D eigenvalue weighted by Gasteiger charge is 2.13. The summed E-state index contributed by atoms with van der Waals surface area (Å²) in [5.74, 6) is 0. The van der Waals surface area contributed by atoms with Gasteiger partial charge in [-0.05, 0) is 31.6 Å². The van der Waals surface area contributed by atoms with E-state index in [4.69, 9.17) is 0 Å². The van der Waals surface area contributed by atoms with E-state index in [-0.39, 0.29) is 0 Å². The summed E-state index contributed by atoms with van der Waals surface area (Å²) in [6.45, 7) is 8.86. The van der Waals surface area contributed by atoms with Crippen LogP contribution in [-0.2, 0) is 0 Å². The molecule has 0 N–H and O–H groups in total. The van der Waals surface area contributed by atoms with Gasteiger partial charge in [-0.2, -0.15) is 0 Å². The summed E-state index contributed by atoms with van der Waals surface area (Å²) in [5.41, 5.74) is 1.37. The number of hydrogen-bond donors (Lipinski definition) is 0. The molecular formula is C12H18BrN. The highest BCUT2D eigenvalue weighted by molar-refractivity contribution is 9.10. The molecule has 0 radical (unpaired) electrons. The van der Waals surface area contributed by atoms with Crippen molar-refractivity contribution in [3.05, 3.63) is 34.3 Å². The van der Waals surface area contributed by atoms with Crippen molar-refractivity contribution in [1.82, 2.24) is 4.90 Å². The van der Waals surface area contributed by atoms with Crippen LogP contribution in [0.4, 0.5) is 0 Å². The van der Waals surface area contributed by atoms with Gasteiger partial charge in [-0.15, -0.1) is 0 Å². The Bertz CT molecular complexity index is 281. The smallest absolute Gasteiger partial charge is 0.0330 e. The minimum Gasteiger partial charge on any atom is -0.297 e. The van der Waals surface area contributed by atoms with E-state index < -0.39 is 0 Å². The quantitative estimate of drug-likeness (QED) is 0.790. The third kappa shape index (κ3) is 2.58. The monoisotopic (exact) mass is 255 g/mol. The zero-order chi connectivity index (χ0) is 10.6. The summed E-state index contributed by atoms with van der Waals surface area (Å²) >= 11 is 3.60. The van der Waals surface area contributed by atoms with E-state index in [9.17, 15) is 0 Å². The highest BCUT2D eigenvalue weighted by Crippen LogP contribution is 2.26. The minimum atomic E-state index is 0.487. The van der Waals surface area contributed by atoms with Crippen molar-refractivity contribution in [3.63, 3.8) is 0 Å². The van der Waals surface area contributed by atoms with Crippen molar-refractivity contribution in [2.75, 3.05) is 13.1 Å². The maximum atomic E-state index is 3.60. The second kappa shape index (κ2) is 5.52. The van der Waals surface area contributed by atoms with E-state index >= 15 is 0 Å². The summed E-state index contributed by atoms with van der Waals surface area (Å²) < 4.78 is 1.21. The van der Waals surface area contributed by atoms with Crippen LogP contribution in [-0.4, -0.2) is 18.0 Å². The van der Waals surface area contributed by atoms with Crippen molar-refractivity contribution in [2.24, 2.45) is 0 Å². The molecule has 1 atom stereocenters. The van der Waals surface area contributed by atoms with Gasteiger partial charge < -0.3 is 0 Å². The number of rotatable bonds is 4. The SMILES string of the molecule is CCN(CC)C(C)c1ccccc1Br. The van der Waals surface area contributed by atoms with Crippen molar-refractivity contribution >= 4 is 15.9 Å². The van der Waals surface area contributed by atoms with E-state index in [1.807, 2.05) is 0 Å². The van der Waals surface area contributed by atoms with Crippen LogP contribution < -0.4 is 0 Å². The average Bonchev–Trinajstić information content (AvgIpc) is 2.20. The van der Waals surface area contributed by atoms with Crippen LogP contribution in [0.25, 0.3) is 0 Å². The molecule has 1 aromatic rings. The first-order valence-corrected chi connectivity index (χ1v) is 5.98. The lowest BCUT2D eigenvalue weighted by atomic mass is 10.1. The summed E-state index contributed by atoms with van der Waals surface area (Å²) in [5, 5.41) is 0. The average molecular weight is 256 g/mol. The first kappa shape index (κ1) is 11.7. The van der Waals surface area contributed by atoms with Gasteiger partial charge in [-0.1, -0.05) is 48.0 Å². The molecule has 1 rings (SSSR count). The molecular weight excluding hydrogens is 238 g/mol. The number of nitrogens with zero attached hydrogens (tertiary/aromatic N) is 1. The first-order valence-electron chi connectivity index (χ1n) is 5.19. The Morgan fingerprint density at radius 3 is 2.29 bits per heavy atom. The fourth-order valence-corrected chi connectivity index (χ4v) is 2.40. The lowest BCUT2D eigenvalue weighted by molar-refractivity contribution is 0.234. The van der Waals surface area contributed by atoms with Gasteiger partial charge in [-0.25, -0.2) is 0 Å². The van der Waals surface area contributed by atoms with Gasteiger partial charge in [0.05, 0.1) is 0 Å². The predicted molar refractivity (Wildman–Crippen MR) is 65.5 cm³/mol. The lowest BCUT2D eigenvalue weighted by Gasteiger charge is -2.27. The molecule has 0 fully saturated rings. The zero-order valence-electron chi connectivity index (χ0n) is 9.13. The molecule has 0 bridgehead atoms. The molecule has 14 heavy (non-hydrogen) atoms. The Morgan fingerprint density at radius 1 is 1.21 bits per heavy atom. The number of hydrogen-bond acceptors (Lipinski definition) is 1. The van der Waals surface area contributed by atoms with Crippen LogP contribution in [0.1, 0.15) is 32.4 Å². The van der Waals surface area contributed by atoms with Gasteiger partial charge in [-0.3, -0.25) is 4.90 Å². The largest absolute Gasteiger partial charge is 0.297 e. The Kier molecular flexibility index (Phi) is 4.63. The standard InChI is InChI=1S/C12H18BrN/c1-4-14(5-2)10(3)11-8-6-7-9-12(11)13/h6-10H,4-5H2,1-3H3. The predicted octanol–water partition coefficient (Wildman–Crippen LogP) is 3.85. The highest BCUT2D eigenvalue weighted by atomic mass is 79.9. The van der Waals surface area contributed by atoms with Gasteiger partial charge >= 0.3 is 0 Å². The van der Waals surface area contributed by atoms with Crippen LogP contribution in [0.5, 0.6) is 0 Å². The van der Waals surface area contributed by atoms with Crippen LogP contribution in [0.2, 0.25) is 0 Å². The number of halogens is 1. The van der Waals surface area contributed by atoms with Crippen LogP contribution in [0.3, 0.4) is 0 Å². The van der Waals surface area contributed by atoms with Crippen LogP contribution >= 0.6 is 15.9 Å². The van der Waals surface area contributed by atoms with Gasteiger partial charge in [0.25, 0.3) is 0 Å². The normalized spacial score (nSPS) is 13.2. The molecule has 0 aliphatic carbocycles. The summed E-state index contributed by atoms with van der Waals surface area (Å²) in [6, 6.07) is 8.94. The molecule has 0 aromatic heterocycles. The molecule has 1 nitrogen and oxygen atoms in total. The third-order valence-electron chi connectivity index (χ3n) is 2.72. The molecule has 0 spiro atoms. The van der Waals surface area contributed by atoms with Crippen molar-refractivity contribution in [1.29, 1.82) is 0 Å². The molecule has 0 saturated carbocycles. The molecule has 1 unspecified atom stereocenters. The number of benzene rings is 1. The third-order valence-corrected chi connectivity index (χ3v) is 3.44. The molecule has 0 heterocycles. The molecule has 1 aromatic carbocycles. The Labute approximate surface area is 95.2 Å². The zero-order valence-corrected chi connectivity index (χ0v) is 10.7. The van der Waals surface area contributed by atoms with E-state index in [1.54, 1.807) is 0 Å². The van der Waals surface area contributed by atoms with E-state index in [1.165, 1.54) is 10.0 Å². The maximum absolute atomic E-state index is 3.60. The van der Waals surface area contributed by atoms with Gasteiger partial charge in [0, 0.05) is 10.5 Å². The van der Waals surface area contributed by atoms with Crippen LogP contribution in [0.15, 0.2) is 28.7 Å². The lowest BCUT2D eigenvalue weighted by Crippen LogP contribution is -2.26. The minimum absolute atomic E-state index is 0.487. The van der Waals surface area contributed by atoms with Gasteiger partial charge in [0.15, 0.2) is 0 Å². The molecule has 78 valence electrons. The molecule has 0 aliphatic rings. The van der Waals surface area contributed by atoms with Crippen molar-refractivity contribution in [3.8, 4) is 0 Å². The topological polar surface area (TPSA) is 3.24 Å². The Balaban J connectivity index is 2.88. The van der Waals surface area contributed by atoms with Gasteiger partial charge in [0.1, 0.15) is 0 Å². The molecule has 0 amide bonds. The second-order valence-electron chi connectivity index (χ2n) is 3.42. The Morgan fingerprint density at radius 2 is 1.79 bits per heavy atom. The molecule has 0 saturated heterocycles. The summed E-state index contributed by atoms with van der Waals surface area (Å²) in [6.07, 6.45) is 0. The van der Waals surface area contributed by atoms with E-state index in [0.717, 1.165) is 13.1 Å². The second-order valence-corrected chi connectivity index (χ2v) is 4.27. The van der Waals surface area contributed by atoms with Crippen molar-refractivity contribution in [2.45, 2.75) is 26.8 Å². The summed E-state index contributed by atoms with van der Waals surface area (Å²) in [7, 11) is 0. The molecule has 2 heteroatoms. The maximum Gasteiger partial charge on any atom is 0.0330 e. The van der Waals surface area contributed by atoms with Crippen molar-refractivity contribution < 1.29 is 0 Å². The molecule has 0 aliphatic heterocycles.